The number of halogens is 3. The van der Waals surface area contributed by atoms with Gasteiger partial charge in [-0.05, 0) is 56.2 Å². The van der Waals surface area contributed by atoms with E-state index in [1.807, 2.05) is 19.0 Å². The minimum atomic E-state index is -5.08. The minimum absolute atomic E-state index is 0.0120. The van der Waals surface area contributed by atoms with Crippen molar-refractivity contribution < 1.29 is 37.1 Å². The average molecular weight is 473 g/mol. The first kappa shape index (κ1) is 25.1. The van der Waals surface area contributed by atoms with E-state index < -0.39 is 12.1 Å². The molecule has 1 spiro atoms. The Morgan fingerprint density at radius 2 is 1.76 bits per heavy atom. The van der Waals surface area contributed by atoms with Gasteiger partial charge in [-0.15, -0.1) is 0 Å². The zero-order valence-corrected chi connectivity index (χ0v) is 19.0. The lowest BCUT2D eigenvalue weighted by Crippen LogP contribution is -2.49. The van der Waals surface area contributed by atoms with Crippen molar-refractivity contribution in [2.45, 2.75) is 31.9 Å². The van der Waals surface area contributed by atoms with Crippen molar-refractivity contribution in [2.24, 2.45) is 16.7 Å². The van der Waals surface area contributed by atoms with E-state index in [4.69, 9.17) is 14.3 Å². The van der Waals surface area contributed by atoms with Crippen molar-refractivity contribution in [3.8, 4) is 0 Å². The summed E-state index contributed by atoms with van der Waals surface area (Å²) in [5.41, 5.74) is -0.0399. The van der Waals surface area contributed by atoms with E-state index in [1.165, 1.54) is 0 Å². The van der Waals surface area contributed by atoms with Gasteiger partial charge < -0.3 is 24.2 Å². The van der Waals surface area contributed by atoms with Gasteiger partial charge in [-0.2, -0.15) is 13.2 Å². The fourth-order valence-corrected chi connectivity index (χ4v) is 5.90. The molecule has 3 aliphatic rings. The second-order valence-corrected chi connectivity index (χ2v) is 9.54. The molecule has 33 heavy (non-hydrogen) atoms. The van der Waals surface area contributed by atoms with Gasteiger partial charge in [-0.25, -0.2) is 4.79 Å². The lowest BCUT2D eigenvalue weighted by molar-refractivity contribution is -0.192. The van der Waals surface area contributed by atoms with Gasteiger partial charge in [0.1, 0.15) is 0 Å². The fraction of sp³-hybridized carbons (Fsp3) is 0.682. The molecule has 0 radical (unpaired) electrons. The maximum atomic E-state index is 13.1. The predicted molar refractivity (Wildman–Crippen MR) is 111 cm³/mol. The van der Waals surface area contributed by atoms with Crippen molar-refractivity contribution >= 4 is 17.8 Å². The molecule has 1 aromatic heterocycles. The molecule has 2 aliphatic heterocycles. The Morgan fingerprint density at radius 3 is 2.24 bits per heavy atom. The third-order valence-corrected chi connectivity index (χ3v) is 7.37. The Labute approximate surface area is 190 Å². The van der Waals surface area contributed by atoms with Gasteiger partial charge in [0.15, 0.2) is 5.76 Å². The Bertz CT molecular complexity index is 878. The molecular formula is C22H30F3N3O5. The Morgan fingerprint density at radius 1 is 1.15 bits per heavy atom. The lowest BCUT2D eigenvalue weighted by atomic mass is 9.65. The van der Waals surface area contributed by atoms with Crippen LogP contribution >= 0.6 is 0 Å². The first-order valence-electron chi connectivity index (χ1n) is 10.9. The highest BCUT2D eigenvalue weighted by molar-refractivity contribution is 5.91. The largest absolute Gasteiger partial charge is 0.490 e. The van der Waals surface area contributed by atoms with Crippen LogP contribution in [0.15, 0.2) is 22.8 Å². The van der Waals surface area contributed by atoms with Crippen molar-refractivity contribution in [2.75, 3.05) is 47.3 Å². The summed E-state index contributed by atoms with van der Waals surface area (Å²) < 4.78 is 37.0. The second-order valence-electron chi connectivity index (χ2n) is 9.54. The molecule has 1 N–H and O–H groups in total. The van der Waals surface area contributed by atoms with Crippen LogP contribution in [0, 0.1) is 16.7 Å². The number of likely N-dealkylation sites (tertiary alicyclic amines) is 2. The summed E-state index contributed by atoms with van der Waals surface area (Å²) in [4.78, 5) is 40.6. The zero-order valence-electron chi connectivity index (χ0n) is 19.0. The number of amides is 2. The monoisotopic (exact) mass is 473 g/mol. The number of alkyl halides is 3. The van der Waals surface area contributed by atoms with Crippen LogP contribution in [0.3, 0.4) is 0 Å². The van der Waals surface area contributed by atoms with E-state index in [0.29, 0.717) is 11.7 Å². The number of aliphatic carboxylic acids is 1. The number of hydrogen-bond acceptors (Lipinski definition) is 5. The topological polar surface area (TPSA) is 94.3 Å². The van der Waals surface area contributed by atoms with E-state index in [-0.39, 0.29) is 22.6 Å². The summed E-state index contributed by atoms with van der Waals surface area (Å²) in [7, 11) is 5.89. The molecule has 3 heterocycles. The number of piperidine rings is 1. The minimum Gasteiger partial charge on any atom is -0.475 e. The van der Waals surface area contributed by atoms with E-state index in [9.17, 15) is 22.8 Å². The summed E-state index contributed by atoms with van der Waals surface area (Å²) in [6.07, 6.45) is 0.519. The third kappa shape index (κ3) is 4.73. The number of rotatable bonds is 2. The number of nitrogens with zero attached hydrogens (tertiary/aromatic N) is 3. The molecule has 1 saturated carbocycles. The lowest BCUT2D eigenvalue weighted by Gasteiger charge is -2.44. The van der Waals surface area contributed by atoms with Crippen LogP contribution in [0.5, 0.6) is 0 Å². The number of furan rings is 1. The number of carbonyl (C=O) groups excluding carboxylic acids is 2. The van der Waals surface area contributed by atoms with Gasteiger partial charge in [-0.3, -0.25) is 9.59 Å². The highest BCUT2D eigenvalue weighted by atomic mass is 19.4. The number of carboxylic acids is 1. The summed E-state index contributed by atoms with van der Waals surface area (Å²) in [5, 5.41) is 7.12. The molecule has 0 unspecified atom stereocenters. The molecule has 2 amide bonds. The first-order valence-corrected chi connectivity index (χ1v) is 10.9. The Kier molecular flexibility index (Phi) is 6.84. The first-order chi connectivity index (χ1) is 15.3. The molecule has 0 bridgehead atoms. The highest BCUT2D eigenvalue weighted by Crippen LogP contribution is 2.62. The Hall–Kier alpha value is -2.56. The second kappa shape index (κ2) is 9.00. The molecule has 2 saturated heterocycles. The van der Waals surface area contributed by atoms with Gasteiger partial charge in [0.05, 0.1) is 11.7 Å². The number of fused-ring (bicyclic) bond motifs is 2. The fourth-order valence-electron chi connectivity index (χ4n) is 5.90. The maximum Gasteiger partial charge on any atom is 0.490 e. The van der Waals surface area contributed by atoms with Gasteiger partial charge in [0.2, 0.25) is 5.91 Å². The summed E-state index contributed by atoms with van der Waals surface area (Å²) >= 11 is 0. The quantitative estimate of drug-likeness (QED) is 0.710. The summed E-state index contributed by atoms with van der Waals surface area (Å²) in [6, 6.07) is 3.49. The molecule has 1 aromatic rings. The molecule has 3 fully saturated rings. The summed E-state index contributed by atoms with van der Waals surface area (Å²) in [6.45, 7) is 3.37. The smallest absolute Gasteiger partial charge is 0.475 e. The van der Waals surface area contributed by atoms with Crippen molar-refractivity contribution in [3.05, 3.63) is 24.2 Å². The van der Waals surface area contributed by atoms with E-state index in [1.54, 1.807) is 23.3 Å². The number of hydrogen-bond donors (Lipinski definition) is 1. The molecular weight excluding hydrogens is 443 g/mol. The third-order valence-electron chi connectivity index (χ3n) is 7.37. The molecule has 0 aromatic carbocycles. The maximum absolute atomic E-state index is 13.1. The normalized spacial score (nSPS) is 26.5. The molecule has 2 atom stereocenters. The Balaban J connectivity index is 0.000000383. The van der Waals surface area contributed by atoms with Crippen molar-refractivity contribution in [3.63, 3.8) is 0 Å². The standard InChI is InChI=1S/C20H29N3O3.C2HF3O2/c1-21(2)18(25)20-7-6-19(16(20)13-22(3)14-20)8-10-23(11-9-19)17(24)15-5-4-12-26-15;3-2(4,5)1(6)7/h4-5,12,16H,6-11,13-14H2,1-3H3;(H,6,7)/t16-,20+;/m0./s1. The molecule has 4 rings (SSSR count). The van der Waals surface area contributed by atoms with Gasteiger partial charge in [0.25, 0.3) is 5.91 Å². The molecule has 8 nitrogen and oxygen atoms in total. The van der Waals surface area contributed by atoms with Crippen molar-refractivity contribution in [1.82, 2.24) is 14.7 Å². The highest BCUT2D eigenvalue weighted by Gasteiger charge is 2.64. The molecule has 184 valence electrons. The zero-order chi connectivity index (χ0) is 24.6. The van der Waals surface area contributed by atoms with Crippen LogP contribution in [0.2, 0.25) is 0 Å². The van der Waals surface area contributed by atoms with Gasteiger partial charge in [-0.1, -0.05) is 0 Å². The van der Waals surface area contributed by atoms with Gasteiger partial charge in [0, 0.05) is 40.3 Å². The van der Waals surface area contributed by atoms with Crippen LogP contribution in [-0.4, -0.2) is 91.1 Å². The van der Waals surface area contributed by atoms with E-state index >= 15 is 0 Å². The van der Waals surface area contributed by atoms with Crippen LogP contribution in [0.1, 0.15) is 36.2 Å². The average Bonchev–Trinajstić information content (AvgIpc) is 3.45. The van der Waals surface area contributed by atoms with Crippen molar-refractivity contribution in [1.29, 1.82) is 0 Å². The van der Waals surface area contributed by atoms with Gasteiger partial charge >= 0.3 is 12.1 Å². The SMILES string of the molecule is CN1C[C@H]2C3(CCN(C(=O)c4ccco4)CC3)CC[C@@]2(C(=O)N(C)C)C1.O=C(O)C(F)(F)F. The van der Waals surface area contributed by atoms with Crippen LogP contribution in [-0.2, 0) is 9.59 Å². The van der Waals surface area contributed by atoms with Crippen LogP contribution in [0.4, 0.5) is 13.2 Å². The van der Waals surface area contributed by atoms with Crippen LogP contribution < -0.4 is 0 Å². The number of carbonyl (C=O) groups is 3. The molecule has 1 aliphatic carbocycles. The summed E-state index contributed by atoms with van der Waals surface area (Å²) in [5.74, 6) is -1.66. The number of carboxylic acid groups (broad SMARTS) is 1. The van der Waals surface area contributed by atoms with Crippen LogP contribution in [0.25, 0.3) is 0 Å². The van der Waals surface area contributed by atoms with E-state index in [0.717, 1.165) is 51.9 Å². The van der Waals surface area contributed by atoms with E-state index in [2.05, 4.69) is 11.9 Å². The molecule has 11 heteroatoms. The predicted octanol–water partition coefficient (Wildman–Crippen LogP) is 2.57.